The molecule has 0 spiro atoms. The van der Waals surface area contributed by atoms with E-state index in [4.69, 9.17) is 4.74 Å². The molecule has 3 N–H and O–H groups in total. The van der Waals surface area contributed by atoms with E-state index in [9.17, 15) is 14.4 Å². The fourth-order valence-electron chi connectivity index (χ4n) is 2.39. The Bertz CT molecular complexity index is 814. The smallest absolute Gasteiger partial charge is 0.313 e. The number of aromatic nitrogens is 1. The quantitative estimate of drug-likeness (QED) is 0.661. The SMILES string of the molecule is COc1ccc([C@@H](CNC(=O)C(=O)Nc2c[nH]ccc2=O)N(C)C)cc1. The lowest BCUT2D eigenvalue weighted by atomic mass is 10.1. The minimum absolute atomic E-state index is 0.0203. The average Bonchev–Trinajstić information content (AvgIpc) is 2.63. The molecule has 1 atom stereocenters. The Labute approximate surface area is 151 Å². The summed E-state index contributed by atoms with van der Waals surface area (Å²) in [7, 11) is 5.35. The summed E-state index contributed by atoms with van der Waals surface area (Å²) in [6, 6.07) is 8.61. The molecule has 2 rings (SSSR count). The van der Waals surface area contributed by atoms with Gasteiger partial charge < -0.3 is 25.3 Å². The van der Waals surface area contributed by atoms with E-state index < -0.39 is 11.8 Å². The summed E-state index contributed by atoms with van der Waals surface area (Å²) >= 11 is 0. The molecule has 0 aliphatic rings. The van der Waals surface area contributed by atoms with Crippen LogP contribution in [0.25, 0.3) is 0 Å². The zero-order chi connectivity index (χ0) is 19.1. The summed E-state index contributed by atoms with van der Waals surface area (Å²) in [6.45, 7) is 0.233. The summed E-state index contributed by atoms with van der Waals surface area (Å²) in [5.74, 6) is -0.967. The van der Waals surface area contributed by atoms with Gasteiger partial charge in [0.15, 0.2) is 0 Å². The zero-order valence-electron chi connectivity index (χ0n) is 14.9. The van der Waals surface area contributed by atoms with Crippen LogP contribution in [0.15, 0.2) is 47.5 Å². The number of hydrogen-bond donors (Lipinski definition) is 3. The molecule has 0 aliphatic heterocycles. The van der Waals surface area contributed by atoms with Crippen LogP contribution in [0.2, 0.25) is 0 Å². The molecule has 8 nitrogen and oxygen atoms in total. The summed E-state index contributed by atoms with van der Waals surface area (Å²) < 4.78 is 5.14. The summed E-state index contributed by atoms with van der Waals surface area (Å²) in [5, 5.41) is 4.89. The third-order valence-electron chi connectivity index (χ3n) is 3.86. The van der Waals surface area contributed by atoms with Gasteiger partial charge in [-0.15, -0.1) is 0 Å². The first-order valence-electron chi connectivity index (χ1n) is 7.99. The highest BCUT2D eigenvalue weighted by Crippen LogP contribution is 2.20. The second kappa shape index (κ2) is 8.82. The maximum Gasteiger partial charge on any atom is 0.313 e. The Morgan fingerprint density at radius 3 is 2.42 bits per heavy atom. The van der Waals surface area contributed by atoms with Gasteiger partial charge in [0.1, 0.15) is 11.4 Å². The minimum Gasteiger partial charge on any atom is -0.497 e. The number of anilines is 1. The molecule has 0 bridgehead atoms. The molecule has 0 fully saturated rings. The first-order valence-corrected chi connectivity index (χ1v) is 7.99. The minimum atomic E-state index is -0.895. The van der Waals surface area contributed by atoms with Gasteiger partial charge in [-0.1, -0.05) is 12.1 Å². The van der Waals surface area contributed by atoms with Crippen LogP contribution >= 0.6 is 0 Å². The zero-order valence-corrected chi connectivity index (χ0v) is 14.9. The fraction of sp³-hybridized carbons (Fsp3) is 0.278. The highest BCUT2D eigenvalue weighted by atomic mass is 16.5. The number of hydrogen-bond acceptors (Lipinski definition) is 5. The molecule has 26 heavy (non-hydrogen) atoms. The van der Waals surface area contributed by atoms with Crippen molar-refractivity contribution in [1.82, 2.24) is 15.2 Å². The second-order valence-corrected chi connectivity index (χ2v) is 5.84. The van der Waals surface area contributed by atoms with Crippen LogP contribution in [-0.2, 0) is 9.59 Å². The van der Waals surface area contributed by atoms with Crippen LogP contribution in [0, 0.1) is 0 Å². The molecule has 1 heterocycles. The first kappa shape index (κ1) is 19.2. The Kier molecular flexibility index (Phi) is 6.51. The molecular formula is C18H22N4O4. The molecule has 0 saturated carbocycles. The molecule has 0 unspecified atom stereocenters. The number of carbonyl (C=O) groups excluding carboxylic acids is 2. The monoisotopic (exact) mass is 358 g/mol. The number of benzene rings is 1. The highest BCUT2D eigenvalue weighted by molar-refractivity contribution is 6.39. The molecule has 138 valence electrons. The number of rotatable bonds is 6. The van der Waals surface area contributed by atoms with Crippen molar-refractivity contribution in [1.29, 1.82) is 0 Å². The number of likely N-dealkylation sites (N-methyl/N-ethyl adjacent to an activating group) is 1. The number of H-pyrrole nitrogens is 1. The van der Waals surface area contributed by atoms with Gasteiger partial charge in [-0.2, -0.15) is 0 Å². The van der Waals surface area contributed by atoms with Crippen molar-refractivity contribution in [2.45, 2.75) is 6.04 Å². The van der Waals surface area contributed by atoms with Gasteiger partial charge in [0, 0.05) is 25.0 Å². The van der Waals surface area contributed by atoms with E-state index in [0.29, 0.717) is 0 Å². The molecule has 1 aromatic heterocycles. The third-order valence-corrected chi connectivity index (χ3v) is 3.86. The van der Waals surface area contributed by atoms with Crippen molar-refractivity contribution >= 4 is 17.5 Å². The number of nitrogens with zero attached hydrogens (tertiary/aromatic N) is 1. The molecular weight excluding hydrogens is 336 g/mol. The van der Waals surface area contributed by atoms with Crippen LogP contribution in [0.5, 0.6) is 5.75 Å². The molecule has 0 aliphatic carbocycles. The summed E-state index contributed by atoms with van der Waals surface area (Å²) in [6.07, 6.45) is 2.77. The average molecular weight is 358 g/mol. The fourth-order valence-corrected chi connectivity index (χ4v) is 2.39. The molecule has 0 saturated heterocycles. The van der Waals surface area contributed by atoms with Gasteiger partial charge in [0.05, 0.1) is 13.2 Å². The molecule has 8 heteroatoms. The predicted octanol–water partition coefficient (Wildman–Crippen LogP) is 0.741. The maximum atomic E-state index is 12.0. The van der Waals surface area contributed by atoms with E-state index in [1.807, 2.05) is 43.3 Å². The van der Waals surface area contributed by atoms with E-state index >= 15 is 0 Å². The lowest BCUT2D eigenvalue weighted by Gasteiger charge is -2.25. The van der Waals surface area contributed by atoms with Crippen LogP contribution in [-0.4, -0.2) is 49.4 Å². The van der Waals surface area contributed by atoms with Gasteiger partial charge in [-0.25, -0.2) is 0 Å². The van der Waals surface area contributed by atoms with E-state index in [2.05, 4.69) is 15.6 Å². The van der Waals surface area contributed by atoms with Crippen molar-refractivity contribution < 1.29 is 14.3 Å². The number of aromatic amines is 1. The van der Waals surface area contributed by atoms with E-state index in [1.54, 1.807) is 7.11 Å². The van der Waals surface area contributed by atoms with Gasteiger partial charge in [-0.05, 0) is 31.8 Å². The topological polar surface area (TPSA) is 104 Å². The number of ether oxygens (including phenoxy) is 1. The van der Waals surface area contributed by atoms with Crippen LogP contribution in [0.3, 0.4) is 0 Å². The van der Waals surface area contributed by atoms with Gasteiger partial charge in [0.25, 0.3) is 0 Å². The van der Waals surface area contributed by atoms with E-state index in [0.717, 1.165) is 11.3 Å². The van der Waals surface area contributed by atoms with Crippen molar-refractivity contribution in [3.8, 4) is 5.75 Å². The molecule has 2 amide bonds. The Morgan fingerprint density at radius 1 is 1.15 bits per heavy atom. The highest BCUT2D eigenvalue weighted by Gasteiger charge is 2.19. The van der Waals surface area contributed by atoms with Crippen LogP contribution in [0.1, 0.15) is 11.6 Å². The van der Waals surface area contributed by atoms with Crippen molar-refractivity contribution in [3.63, 3.8) is 0 Å². The summed E-state index contributed by atoms with van der Waals surface area (Å²) in [4.78, 5) is 40.2. The second-order valence-electron chi connectivity index (χ2n) is 5.84. The molecule has 0 radical (unpaired) electrons. The first-order chi connectivity index (χ1) is 12.4. The predicted molar refractivity (Wildman–Crippen MR) is 98.1 cm³/mol. The number of nitrogens with one attached hydrogen (secondary N) is 3. The number of pyridine rings is 1. The molecule has 2 aromatic rings. The summed E-state index contributed by atoms with van der Waals surface area (Å²) in [5.41, 5.74) is 0.609. The van der Waals surface area contributed by atoms with Crippen LogP contribution in [0.4, 0.5) is 5.69 Å². The largest absolute Gasteiger partial charge is 0.497 e. The van der Waals surface area contributed by atoms with E-state index in [-0.39, 0.29) is 23.7 Å². The van der Waals surface area contributed by atoms with Crippen molar-refractivity contribution in [2.24, 2.45) is 0 Å². The number of amides is 2. The third kappa shape index (κ3) is 4.93. The Hall–Kier alpha value is -3.13. The normalized spacial score (nSPS) is 11.7. The lowest BCUT2D eigenvalue weighted by Crippen LogP contribution is -2.40. The number of carbonyl (C=O) groups is 2. The maximum absolute atomic E-state index is 12.0. The van der Waals surface area contributed by atoms with E-state index in [1.165, 1.54) is 18.5 Å². The Morgan fingerprint density at radius 2 is 1.85 bits per heavy atom. The Balaban J connectivity index is 1.99. The number of methoxy groups -OCH3 is 1. The molecule has 1 aromatic carbocycles. The standard InChI is InChI=1S/C18H22N4O4/c1-22(2)15(12-4-6-13(26-3)7-5-12)11-20-17(24)18(25)21-14-10-19-9-8-16(14)23/h4-10,15H,11H2,1-3H3,(H,19,23)(H,20,24)(H,21,25)/t15-/m1/s1. The van der Waals surface area contributed by atoms with Crippen molar-refractivity contribution in [2.75, 3.05) is 33.1 Å². The van der Waals surface area contributed by atoms with Gasteiger partial charge in [-0.3, -0.25) is 14.4 Å². The van der Waals surface area contributed by atoms with Gasteiger partial charge >= 0.3 is 11.8 Å². The van der Waals surface area contributed by atoms with Crippen molar-refractivity contribution in [3.05, 3.63) is 58.5 Å². The lowest BCUT2D eigenvalue weighted by molar-refractivity contribution is -0.136. The van der Waals surface area contributed by atoms with Gasteiger partial charge in [0.2, 0.25) is 5.43 Å². The van der Waals surface area contributed by atoms with Crippen LogP contribution < -0.4 is 20.8 Å².